The molecule has 2 aliphatic heterocycles. The van der Waals surface area contributed by atoms with Crippen LogP contribution in [-0.4, -0.2) is 16.3 Å². The Bertz CT molecular complexity index is 743. The molecule has 0 aliphatic carbocycles. The molecule has 110 valence electrons. The minimum Gasteiger partial charge on any atom is -0.308 e. The second-order valence-electron chi connectivity index (χ2n) is 5.06. The van der Waals surface area contributed by atoms with Crippen LogP contribution in [0.3, 0.4) is 0 Å². The molecule has 0 radical (unpaired) electrons. The Hall–Kier alpha value is -1.82. The van der Waals surface area contributed by atoms with Gasteiger partial charge >= 0.3 is 0 Å². The van der Waals surface area contributed by atoms with Gasteiger partial charge in [0.2, 0.25) is 0 Å². The van der Waals surface area contributed by atoms with Crippen molar-refractivity contribution in [1.82, 2.24) is 10.9 Å². The number of thioether (sulfide) groups is 1. The molecule has 22 heavy (non-hydrogen) atoms. The second-order valence-corrected chi connectivity index (χ2v) is 6.61. The summed E-state index contributed by atoms with van der Waals surface area (Å²) in [5.41, 5.74) is 8.54. The molecule has 0 spiro atoms. The maximum Gasteiger partial charge on any atom is 0.190 e. The second kappa shape index (κ2) is 5.76. The molecule has 2 unspecified atom stereocenters. The molecule has 2 aromatic carbocycles. The topological polar surface area (TPSA) is 48.8 Å². The zero-order chi connectivity index (χ0) is 14.9. The van der Waals surface area contributed by atoms with E-state index >= 15 is 0 Å². The quantitative estimate of drug-likeness (QED) is 0.884. The van der Waals surface area contributed by atoms with Crippen LogP contribution in [0.15, 0.2) is 64.6 Å². The fourth-order valence-electron chi connectivity index (χ4n) is 2.51. The van der Waals surface area contributed by atoms with Crippen LogP contribution >= 0.6 is 23.4 Å². The number of hydrazine groups is 1. The van der Waals surface area contributed by atoms with Gasteiger partial charge in [0, 0.05) is 5.02 Å². The minimum atomic E-state index is 0.157. The lowest BCUT2D eigenvalue weighted by Crippen LogP contribution is -2.27. The molecule has 0 saturated carbocycles. The highest BCUT2D eigenvalue weighted by Gasteiger charge is 2.39. The molecule has 2 aliphatic rings. The van der Waals surface area contributed by atoms with Crippen molar-refractivity contribution in [2.24, 2.45) is 9.98 Å². The summed E-state index contributed by atoms with van der Waals surface area (Å²) in [5.74, 6) is 0.930. The van der Waals surface area contributed by atoms with E-state index in [9.17, 15) is 0 Å². The number of benzene rings is 2. The SMILES string of the molecule is Clc1ccc(C2NNC3=NC(=Nc4ccccc4)SC32)cc1. The molecule has 4 rings (SSSR count). The predicted octanol–water partition coefficient (Wildman–Crippen LogP) is 3.69. The Morgan fingerprint density at radius 2 is 1.82 bits per heavy atom. The number of nitrogens with zero attached hydrogens (tertiary/aromatic N) is 2. The number of fused-ring (bicyclic) bond motifs is 1. The maximum atomic E-state index is 5.96. The molecular weight excluding hydrogens is 316 g/mol. The van der Waals surface area contributed by atoms with Crippen molar-refractivity contribution in [3.8, 4) is 0 Å². The Balaban J connectivity index is 1.57. The van der Waals surface area contributed by atoms with E-state index in [1.165, 1.54) is 5.56 Å². The first-order valence-corrected chi connectivity index (χ1v) is 8.21. The molecule has 6 heteroatoms. The lowest BCUT2D eigenvalue weighted by atomic mass is 10.1. The average Bonchev–Trinajstić information content (AvgIpc) is 3.09. The molecule has 2 atom stereocenters. The molecule has 1 saturated heterocycles. The van der Waals surface area contributed by atoms with Crippen molar-refractivity contribution in [2.45, 2.75) is 11.3 Å². The molecule has 2 N–H and O–H groups in total. The Morgan fingerprint density at radius 3 is 2.59 bits per heavy atom. The van der Waals surface area contributed by atoms with Gasteiger partial charge in [-0.2, -0.15) is 0 Å². The predicted molar refractivity (Wildman–Crippen MR) is 92.8 cm³/mol. The first-order chi connectivity index (χ1) is 10.8. The molecule has 2 aromatic rings. The summed E-state index contributed by atoms with van der Waals surface area (Å²) < 4.78 is 0. The van der Waals surface area contributed by atoms with Crippen LogP contribution in [0.1, 0.15) is 11.6 Å². The lowest BCUT2D eigenvalue weighted by molar-refractivity contribution is 0.593. The van der Waals surface area contributed by atoms with E-state index in [1.54, 1.807) is 11.8 Å². The Kier molecular flexibility index (Phi) is 3.62. The Morgan fingerprint density at radius 1 is 1.05 bits per heavy atom. The molecule has 1 fully saturated rings. The van der Waals surface area contributed by atoms with Crippen LogP contribution in [0.25, 0.3) is 0 Å². The van der Waals surface area contributed by atoms with Crippen LogP contribution in [0.2, 0.25) is 5.02 Å². The lowest BCUT2D eigenvalue weighted by Gasteiger charge is -2.14. The van der Waals surface area contributed by atoms with E-state index in [-0.39, 0.29) is 11.3 Å². The summed E-state index contributed by atoms with van der Waals surface area (Å²) in [4.78, 5) is 9.15. The number of aliphatic imine (C=N–C) groups is 2. The summed E-state index contributed by atoms with van der Waals surface area (Å²) in [6.45, 7) is 0. The number of nitrogens with one attached hydrogen (secondary N) is 2. The number of rotatable bonds is 2. The first-order valence-electron chi connectivity index (χ1n) is 6.95. The van der Waals surface area contributed by atoms with E-state index in [0.717, 1.165) is 21.7 Å². The highest BCUT2D eigenvalue weighted by Crippen LogP contribution is 2.36. The highest BCUT2D eigenvalue weighted by molar-refractivity contribution is 8.15. The number of amidine groups is 2. The molecule has 2 heterocycles. The van der Waals surface area contributed by atoms with E-state index < -0.39 is 0 Å². The van der Waals surface area contributed by atoms with Crippen LogP contribution in [0.5, 0.6) is 0 Å². The summed E-state index contributed by atoms with van der Waals surface area (Å²) in [7, 11) is 0. The van der Waals surface area contributed by atoms with E-state index in [2.05, 4.69) is 20.8 Å². The fourth-order valence-corrected chi connectivity index (χ4v) is 3.75. The van der Waals surface area contributed by atoms with E-state index in [4.69, 9.17) is 11.6 Å². The zero-order valence-electron chi connectivity index (χ0n) is 11.5. The van der Waals surface area contributed by atoms with Gasteiger partial charge in [-0.15, -0.1) is 0 Å². The van der Waals surface area contributed by atoms with Crippen molar-refractivity contribution in [1.29, 1.82) is 0 Å². The summed E-state index contributed by atoms with van der Waals surface area (Å²) >= 11 is 7.63. The van der Waals surface area contributed by atoms with Crippen LogP contribution in [0, 0.1) is 0 Å². The largest absolute Gasteiger partial charge is 0.308 e. The number of halogens is 1. The monoisotopic (exact) mass is 328 g/mol. The molecule has 4 nitrogen and oxygen atoms in total. The van der Waals surface area contributed by atoms with Gasteiger partial charge < -0.3 is 5.43 Å². The van der Waals surface area contributed by atoms with Gasteiger partial charge in [-0.1, -0.05) is 53.7 Å². The fraction of sp³-hybridized carbons (Fsp3) is 0.125. The van der Waals surface area contributed by atoms with Crippen LogP contribution in [0.4, 0.5) is 5.69 Å². The molecule has 0 amide bonds. The van der Waals surface area contributed by atoms with Crippen molar-refractivity contribution in [3.05, 3.63) is 65.2 Å². The minimum absolute atomic E-state index is 0.157. The van der Waals surface area contributed by atoms with Gasteiger partial charge in [0.05, 0.1) is 17.0 Å². The zero-order valence-corrected chi connectivity index (χ0v) is 13.1. The van der Waals surface area contributed by atoms with E-state index in [0.29, 0.717) is 0 Å². The Labute approximate surface area is 137 Å². The number of hydrogen-bond donors (Lipinski definition) is 2. The third kappa shape index (κ3) is 2.63. The van der Waals surface area contributed by atoms with Gasteiger partial charge in [-0.05, 0) is 29.8 Å². The highest BCUT2D eigenvalue weighted by atomic mass is 35.5. The van der Waals surface area contributed by atoms with Gasteiger partial charge in [0.1, 0.15) is 5.84 Å². The van der Waals surface area contributed by atoms with Crippen molar-refractivity contribution in [3.63, 3.8) is 0 Å². The summed E-state index contributed by atoms with van der Waals surface area (Å²) in [6, 6.07) is 17.9. The van der Waals surface area contributed by atoms with Gasteiger partial charge in [0.25, 0.3) is 0 Å². The summed E-state index contributed by atoms with van der Waals surface area (Å²) in [5, 5.41) is 1.75. The summed E-state index contributed by atoms with van der Waals surface area (Å²) in [6.07, 6.45) is 0. The van der Waals surface area contributed by atoms with Crippen molar-refractivity contribution >= 4 is 40.1 Å². The molecule has 0 bridgehead atoms. The van der Waals surface area contributed by atoms with Crippen molar-refractivity contribution < 1.29 is 0 Å². The van der Waals surface area contributed by atoms with Gasteiger partial charge in [0.15, 0.2) is 5.17 Å². The average molecular weight is 329 g/mol. The molecular formula is C16H13ClN4S. The normalized spacial score (nSPS) is 25.0. The standard InChI is InChI=1S/C16H13ClN4S/c17-11-8-6-10(7-9-11)13-14-15(21-20-13)19-16(22-14)18-12-4-2-1-3-5-12/h1-9,13-14,20H,(H,18,19,21). The van der Waals surface area contributed by atoms with E-state index in [1.807, 2.05) is 54.6 Å². The third-order valence-corrected chi connectivity index (χ3v) is 4.98. The smallest absolute Gasteiger partial charge is 0.190 e. The third-order valence-electron chi connectivity index (χ3n) is 3.59. The van der Waals surface area contributed by atoms with Crippen molar-refractivity contribution in [2.75, 3.05) is 0 Å². The van der Waals surface area contributed by atoms with Crippen LogP contribution in [-0.2, 0) is 0 Å². The number of hydrogen-bond acceptors (Lipinski definition) is 4. The molecule has 0 aromatic heterocycles. The van der Waals surface area contributed by atoms with Gasteiger partial charge in [-0.3, -0.25) is 0 Å². The maximum absolute atomic E-state index is 5.96. The van der Waals surface area contributed by atoms with Gasteiger partial charge in [-0.25, -0.2) is 15.4 Å². The first kappa shape index (κ1) is 13.8. The van der Waals surface area contributed by atoms with Crippen LogP contribution < -0.4 is 10.9 Å². The number of para-hydroxylation sites is 1.